The van der Waals surface area contributed by atoms with E-state index < -0.39 is 0 Å². The minimum atomic E-state index is -0.0466. The molecule has 1 aromatic carbocycles. The molecule has 0 bridgehead atoms. The standard InChI is InChI=1S/C15H19N3O/c1-11(2)9-10-18-15(13-7-5-4-6-8-13)14(12(3)19)16-17-18/h4-8,11H,9-10H2,1-3H3. The molecule has 2 aromatic rings. The Balaban J connectivity index is 2.42. The molecule has 2 rings (SSSR count). The Bertz CT molecular complexity index is 558. The SMILES string of the molecule is CC(=O)c1nnn(CCC(C)C)c1-c1ccccc1. The number of Topliss-reactive ketones (excluding diaryl/α,β-unsaturated/α-hetero) is 1. The van der Waals surface area contributed by atoms with Crippen molar-refractivity contribution >= 4 is 5.78 Å². The van der Waals surface area contributed by atoms with E-state index in [9.17, 15) is 4.79 Å². The first-order valence-corrected chi connectivity index (χ1v) is 6.59. The van der Waals surface area contributed by atoms with Crippen LogP contribution in [0, 0.1) is 5.92 Å². The van der Waals surface area contributed by atoms with Crippen molar-refractivity contribution in [2.45, 2.75) is 33.7 Å². The molecule has 0 unspecified atom stereocenters. The Labute approximate surface area is 113 Å². The van der Waals surface area contributed by atoms with Gasteiger partial charge in [-0.15, -0.1) is 5.10 Å². The Hall–Kier alpha value is -1.97. The molecule has 0 aliphatic rings. The largest absolute Gasteiger partial charge is 0.293 e. The Morgan fingerprint density at radius 2 is 1.95 bits per heavy atom. The van der Waals surface area contributed by atoms with Gasteiger partial charge in [0.1, 0.15) is 0 Å². The molecule has 0 saturated carbocycles. The highest BCUT2D eigenvalue weighted by Crippen LogP contribution is 2.23. The van der Waals surface area contributed by atoms with Gasteiger partial charge in [0.25, 0.3) is 0 Å². The summed E-state index contributed by atoms with van der Waals surface area (Å²) >= 11 is 0. The van der Waals surface area contributed by atoms with Gasteiger partial charge in [-0.3, -0.25) is 4.79 Å². The average Bonchev–Trinajstić information content (AvgIpc) is 2.81. The summed E-state index contributed by atoms with van der Waals surface area (Å²) in [5.74, 6) is 0.545. The van der Waals surface area contributed by atoms with Crippen LogP contribution in [0.3, 0.4) is 0 Å². The van der Waals surface area contributed by atoms with Gasteiger partial charge >= 0.3 is 0 Å². The topological polar surface area (TPSA) is 47.8 Å². The van der Waals surface area contributed by atoms with Gasteiger partial charge in [-0.1, -0.05) is 49.4 Å². The fourth-order valence-corrected chi connectivity index (χ4v) is 1.97. The molecule has 0 atom stereocenters. The molecule has 0 radical (unpaired) electrons. The lowest BCUT2D eigenvalue weighted by molar-refractivity contribution is 0.101. The van der Waals surface area contributed by atoms with E-state index >= 15 is 0 Å². The number of carbonyl (C=O) groups excluding carboxylic acids is 1. The predicted molar refractivity (Wildman–Crippen MR) is 74.9 cm³/mol. The van der Waals surface area contributed by atoms with Gasteiger partial charge in [-0.2, -0.15) is 0 Å². The van der Waals surface area contributed by atoms with Crippen LogP contribution in [0.2, 0.25) is 0 Å². The van der Waals surface area contributed by atoms with Crippen LogP contribution in [-0.4, -0.2) is 20.8 Å². The molecule has 0 N–H and O–H groups in total. The zero-order valence-corrected chi connectivity index (χ0v) is 11.6. The first kappa shape index (κ1) is 13.5. The summed E-state index contributed by atoms with van der Waals surface area (Å²) in [6.07, 6.45) is 1.01. The van der Waals surface area contributed by atoms with Gasteiger partial charge in [0.15, 0.2) is 11.5 Å². The van der Waals surface area contributed by atoms with Crippen LogP contribution in [-0.2, 0) is 6.54 Å². The maximum Gasteiger partial charge on any atom is 0.182 e. The molecule has 0 amide bonds. The molecule has 0 aliphatic carbocycles. The van der Waals surface area contributed by atoms with Crippen molar-refractivity contribution in [2.24, 2.45) is 5.92 Å². The second kappa shape index (κ2) is 5.78. The smallest absolute Gasteiger partial charge is 0.182 e. The number of nitrogens with zero attached hydrogens (tertiary/aromatic N) is 3. The van der Waals surface area contributed by atoms with Crippen LogP contribution in [0.25, 0.3) is 11.3 Å². The lowest BCUT2D eigenvalue weighted by atomic mass is 10.1. The van der Waals surface area contributed by atoms with Crippen LogP contribution < -0.4 is 0 Å². The second-order valence-electron chi connectivity index (χ2n) is 5.11. The van der Waals surface area contributed by atoms with Crippen LogP contribution in [0.1, 0.15) is 37.7 Å². The summed E-state index contributed by atoms with van der Waals surface area (Å²) in [4.78, 5) is 11.7. The van der Waals surface area contributed by atoms with Crippen LogP contribution in [0.4, 0.5) is 0 Å². The van der Waals surface area contributed by atoms with Gasteiger partial charge < -0.3 is 0 Å². The normalized spacial score (nSPS) is 10.9. The van der Waals surface area contributed by atoms with Crippen molar-refractivity contribution in [1.29, 1.82) is 0 Å². The van der Waals surface area contributed by atoms with Crippen molar-refractivity contribution in [2.75, 3.05) is 0 Å². The number of hydrogen-bond donors (Lipinski definition) is 0. The van der Waals surface area contributed by atoms with E-state index in [2.05, 4.69) is 24.2 Å². The molecule has 0 saturated heterocycles. The molecule has 100 valence electrons. The van der Waals surface area contributed by atoms with Crippen LogP contribution in [0.15, 0.2) is 30.3 Å². The molecule has 0 spiro atoms. The lowest BCUT2D eigenvalue weighted by Gasteiger charge is -2.09. The summed E-state index contributed by atoms with van der Waals surface area (Å²) in [6.45, 7) is 6.65. The van der Waals surface area contributed by atoms with E-state index in [1.165, 1.54) is 6.92 Å². The summed E-state index contributed by atoms with van der Waals surface area (Å²) in [5.41, 5.74) is 2.27. The monoisotopic (exact) mass is 257 g/mol. The molecule has 0 fully saturated rings. The highest BCUT2D eigenvalue weighted by atomic mass is 16.1. The lowest BCUT2D eigenvalue weighted by Crippen LogP contribution is -2.06. The van der Waals surface area contributed by atoms with Gasteiger partial charge in [-0.25, -0.2) is 4.68 Å². The molecule has 4 nitrogen and oxygen atoms in total. The molecular weight excluding hydrogens is 238 g/mol. The fourth-order valence-electron chi connectivity index (χ4n) is 1.97. The minimum Gasteiger partial charge on any atom is -0.293 e. The van der Waals surface area contributed by atoms with Crippen molar-refractivity contribution in [3.63, 3.8) is 0 Å². The van der Waals surface area contributed by atoms with Crippen molar-refractivity contribution < 1.29 is 4.79 Å². The van der Waals surface area contributed by atoms with Gasteiger partial charge in [0.05, 0.1) is 5.69 Å². The number of ketones is 1. The predicted octanol–water partition coefficient (Wildman–Crippen LogP) is 3.19. The zero-order chi connectivity index (χ0) is 13.8. The van der Waals surface area contributed by atoms with Gasteiger partial charge in [0.2, 0.25) is 0 Å². The number of benzene rings is 1. The third kappa shape index (κ3) is 3.08. The van der Waals surface area contributed by atoms with E-state index in [0.717, 1.165) is 24.2 Å². The van der Waals surface area contributed by atoms with E-state index in [1.807, 2.05) is 35.0 Å². The quantitative estimate of drug-likeness (QED) is 0.773. The van der Waals surface area contributed by atoms with Crippen molar-refractivity contribution in [3.05, 3.63) is 36.0 Å². The van der Waals surface area contributed by atoms with Gasteiger partial charge in [-0.05, 0) is 12.3 Å². The zero-order valence-electron chi connectivity index (χ0n) is 11.6. The second-order valence-corrected chi connectivity index (χ2v) is 5.11. The first-order chi connectivity index (χ1) is 9.09. The molecular formula is C15H19N3O. The van der Waals surface area contributed by atoms with Crippen molar-refractivity contribution in [1.82, 2.24) is 15.0 Å². The third-order valence-corrected chi connectivity index (χ3v) is 3.03. The molecule has 1 heterocycles. The number of rotatable bonds is 5. The summed E-state index contributed by atoms with van der Waals surface area (Å²) < 4.78 is 1.84. The van der Waals surface area contributed by atoms with Crippen LogP contribution in [0.5, 0.6) is 0 Å². The highest BCUT2D eigenvalue weighted by molar-refractivity contribution is 5.97. The molecule has 19 heavy (non-hydrogen) atoms. The van der Waals surface area contributed by atoms with E-state index in [-0.39, 0.29) is 5.78 Å². The molecule has 0 aliphatic heterocycles. The highest BCUT2D eigenvalue weighted by Gasteiger charge is 2.18. The Kier molecular flexibility index (Phi) is 4.10. The maximum atomic E-state index is 11.7. The number of hydrogen-bond acceptors (Lipinski definition) is 3. The summed E-state index contributed by atoms with van der Waals surface area (Å²) in [7, 11) is 0. The first-order valence-electron chi connectivity index (χ1n) is 6.59. The summed E-state index contributed by atoms with van der Waals surface area (Å²) in [5, 5.41) is 8.16. The van der Waals surface area contributed by atoms with Gasteiger partial charge in [0, 0.05) is 19.0 Å². The fraction of sp³-hybridized carbons (Fsp3) is 0.400. The van der Waals surface area contributed by atoms with E-state index in [0.29, 0.717) is 11.6 Å². The Morgan fingerprint density at radius 1 is 1.26 bits per heavy atom. The Morgan fingerprint density at radius 3 is 2.53 bits per heavy atom. The average molecular weight is 257 g/mol. The van der Waals surface area contributed by atoms with E-state index in [1.54, 1.807) is 0 Å². The minimum absolute atomic E-state index is 0.0466. The van der Waals surface area contributed by atoms with Crippen molar-refractivity contribution in [3.8, 4) is 11.3 Å². The maximum absolute atomic E-state index is 11.7. The molecule has 1 aromatic heterocycles. The molecule has 4 heteroatoms. The summed E-state index contributed by atoms with van der Waals surface area (Å²) in [6, 6.07) is 9.84. The number of carbonyl (C=O) groups is 1. The number of aryl methyl sites for hydroxylation is 1. The van der Waals surface area contributed by atoms with E-state index in [4.69, 9.17) is 0 Å². The van der Waals surface area contributed by atoms with Crippen LogP contribution >= 0.6 is 0 Å². The number of aromatic nitrogens is 3. The third-order valence-electron chi connectivity index (χ3n) is 3.03.